The minimum absolute atomic E-state index is 0.0714. The number of benzene rings is 6. The first kappa shape index (κ1) is 49.7. The molecule has 0 saturated carbocycles. The fraction of sp³-hybridized carbons (Fsp3) is 0.222. The molecule has 6 aromatic rings. The maximum atomic E-state index is 14.0. The van der Waals surface area contributed by atoms with Crippen LogP contribution in [0.1, 0.15) is 62.1 Å². The highest BCUT2D eigenvalue weighted by molar-refractivity contribution is 7.80. The Balaban J connectivity index is 1.17. The van der Waals surface area contributed by atoms with Crippen LogP contribution in [-0.2, 0) is 42.6 Å². The summed E-state index contributed by atoms with van der Waals surface area (Å²) in [5, 5.41) is 10.9. The van der Waals surface area contributed by atoms with Gasteiger partial charge in [0, 0.05) is 0 Å². The molecule has 8 rings (SSSR count). The third kappa shape index (κ3) is 12.4. The van der Waals surface area contributed by atoms with Crippen molar-refractivity contribution in [2.75, 3.05) is 13.2 Å². The van der Waals surface area contributed by atoms with E-state index in [-0.39, 0.29) is 33.4 Å². The number of aliphatic hydroxyl groups excluding tert-OH is 1. The minimum Gasteiger partial charge on any atom is -0.452 e. The van der Waals surface area contributed by atoms with Crippen molar-refractivity contribution in [2.24, 2.45) is 0 Å². The number of thiol groups is 1. The van der Waals surface area contributed by atoms with Gasteiger partial charge in [-0.05, 0) is 72.8 Å². The summed E-state index contributed by atoms with van der Waals surface area (Å²) in [6.07, 6.45) is -14.6. The largest absolute Gasteiger partial charge is 0.452 e. The van der Waals surface area contributed by atoms with E-state index < -0.39 is 110 Å². The van der Waals surface area contributed by atoms with Gasteiger partial charge in [-0.2, -0.15) is 0 Å². The summed E-state index contributed by atoms with van der Waals surface area (Å²) in [6.45, 7) is -1.49. The Hall–Kier alpha value is -7.67. The van der Waals surface area contributed by atoms with Crippen molar-refractivity contribution in [3.63, 3.8) is 0 Å². The van der Waals surface area contributed by atoms with Gasteiger partial charge in [0.05, 0.1) is 46.6 Å². The zero-order valence-electron chi connectivity index (χ0n) is 37.5. The van der Waals surface area contributed by atoms with Gasteiger partial charge in [0.2, 0.25) is 0 Å². The summed E-state index contributed by atoms with van der Waals surface area (Å²) in [6, 6.07) is 47.3. The average molecular weight is 983 g/mol. The summed E-state index contributed by atoms with van der Waals surface area (Å²) in [7, 11) is 0. The second-order valence-corrected chi connectivity index (χ2v) is 16.5. The Morgan fingerprint density at radius 3 is 0.958 bits per heavy atom. The standard InChI is InChI=1S/C54H46O16S/c55-31-39-41(65-47(56)33-19-7-1-8-20-33)43(67-49(58)35-23-11-3-12-24-35)45(69-51(60)37-27-15-5-16-28-37)53(63-39)62-32-40-42(66-48(57)34-21-9-2-10-22-34)44(68-50(59)36-25-13-4-14-26-36)46(54(71)64-40)70-52(61)38-29-17-6-18-30-38/h1-30,39-46,53-55,71H,31-32H2. The Morgan fingerprint density at radius 1 is 0.366 bits per heavy atom. The van der Waals surface area contributed by atoms with Crippen molar-refractivity contribution >= 4 is 48.4 Å². The number of hydrogen-bond donors (Lipinski definition) is 2. The van der Waals surface area contributed by atoms with Crippen LogP contribution in [0.15, 0.2) is 182 Å². The quantitative estimate of drug-likeness (QED) is 0.0586. The van der Waals surface area contributed by atoms with Crippen LogP contribution < -0.4 is 0 Å². The SMILES string of the molecule is O=C(OC1C(S)OC(COC2OC(CO)C(OC(=O)c3ccccc3)C(OC(=O)c3ccccc3)C2OC(=O)c2ccccc2)C(OC(=O)c2ccccc2)C1OC(=O)c1ccccc1)c1ccccc1. The summed E-state index contributed by atoms with van der Waals surface area (Å²) >= 11 is 4.66. The number of rotatable bonds is 16. The van der Waals surface area contributed by atoms with Gasteiger partial charge in [-0.3, -0.25) is 0 Å². The summed E-state index contributed by atoms with van der Waals surface area (Å²) in [5.74, 6) is -5.35. The van der Waals surface area contributed by atoms with E-state index in [0.717, 1.165) is 0 Å². The zero-order valence-corrected chi connectivity index (χ0v) is 38.4. The second kappa shape index (κ2) is 23.8. The molecule has 17 heteroatoms. The van der Waals surface area contributed by atoms with Crippen molar-refractivity contribution in [2.45, 2.75) is 60.6 Å². The molecular formula is C54H46O16S. The van der Waals surface area contributed by atoms with Gasteiger partial charge in [0.15, 0.2) is 42.9 Å². The number of carbonyl (C=O) groups is 6. The van der Waals surface area contributed by atoms with E-state index >= 15 is 0 Å². The van der Waals surface area contributed by atoms with Gasteiger partial charge < -0.3 is 47.7 Å². The van der Waals surface area contributed by atoms with E-state index in [1.807, 2.05) is 0 Å². The number of carbonyl (C=O) groups excluding carboxylic acids is 6. The molecule has 2 aliphatic heterocycles. The van der Waals surface area contributed by atoms with E-state index in [1.54, 1.807) is 109 Å². The second-order valence-electron chi connectivity index (χ2n) is 16.0. The molecule has 6 aromatic carbocycles. The molecule has 0 spiro atoms. The molecular weight excluding hydrogens is 937 g/mol. The fourth-order valence-corrected chi connectivity index (χ4v) is 8.16. The molecule has 2 saturated heterocycles. The van der Waals surface area contributed by atoms with Crippen LogP contribution in [0.5, 0.6) is 0 Å². The van der Waals surface area contributed by atoms with E-state index in [1.165, 1.54) is 72.8 Å². The molecule has 0 bridgehead atoms. The van der Waals surface area contributed by atoms with Crippen LogP contribution in [0.25, 0.3) is 0 Å². The lowest BCUT2D eigenvalue weighted by Gasteiger charge is -2.46. The van der Waals surface area contributed by atoms with Gasteiger partial charge in [-0.1, -0.05) is 109 Å². The van der Waals surface area contributed by atoms with E-state index in [4.69, 9.17) is 42.6 Å². The number of esters is 6. The predicted octanol–water partition coefficient (Wildman–Crippen LogP) is 6.73. The van der Waals surface area contributed by atoms with E-state index in [0.29, 0.717) is 0 Å². The van der Waals surface area contributed by atoms with E-state index in [9.17, 15) is 33.9 Å². The topological polar surface area (TPSA) is 206 Å². The highest BCUT2D eigenvalue weighted by atomic mass is 32.1. The Morgan fingerprint density at radius 2 is 0.634 bits per heavy atom. The molecule has 0 aromatic heterocycles. The normalized spacial score (nSPS) is 23.7. The minimum atomic E-state index is -1.77. The molecule has 2 aliphatic rings. The third-order valence-corrected chi connectivity index (χ3v) is 11.7. The van der Waals surface area contributed by atoms with Crippen LogP contribution in [0.4, 0.5) is 0 Å². The highest BCUT2D eigenvalue weighted by Crippen LogP contribution is 2.35. The summed E-state index contributed by atoms with van der Waals surface area (Å²) in [5.41, 5.74) is -0.783. The monoisotopic (exact) mass is 982 g/mol. The van der Waals surface area contributed by atoms with Crippen LogP contribution in [0, 0.1) is 0 Å². The lowest BCUT2D eigenvalue weighted by molar-refractivity contribution is -0.309. The fourth-order valence-electron chi connectivity index (χ4n) is 7.78. The Bertz CT molecular complexity index is 2730. The van der Waals surface area contributed by atoms with Crippen LogP contribution in [-0.4, -0.2) is 115 Å². The van der Waals surface area contributed by atoms with Gasteiger partial charge in [0.1, 0.15) is 17.6 Å². The molecule has 0 aliphatic carbocycles. The number of ether oxygens (including phenoxy) is 9. The number of aliphatic hydroxyl groups is 1. The lowest BCUT2D eigenvalue weighted by Crippen LogP contribution is -2.64. The molecule has 1 N–H and O–H groups in total. The molecule has 10 atom stereocenters. The van der Waals surface area contributed by atoms with Crippen molar-refractivity contribution in [3.05, 3.63) is 215 Å². The molecule has 0 amide bonds. The van der Waals surface area contributed by atoms with Crippen molar-refractivity contribution in [1.82, 2.24) is 0 Å². The van der Waals surface area contributed by atoms with Gasteiger partial charge in [-0.25, -0.2) is 28.8 Å². The first-order valence-electron chi connectivity index (χ1n) is 22.4. The summed E-state index contributed by atoms with van der Waals surface area (Å²) in [4.78, 5) is 83.2. The van der Waals surface area contributed by atoms with E-state index in [2.05, 4.69) is 12.6 Å². The molecule has 2 heterocycles. The molecule has 16 nitrogen and oxygen atoms in total. The number of hydrogen-bond acceptors (Lipinski definition) is 17. The van der Waals surface area contributed by atoms with Crippen molar-refractivity contribution < 1.29 is 76.5 Å². The third-order valence-electron chi connectivity index (χ3n) is 11.3. The summed E-state index contributed by atoms with van der Waals surface area (Å²) < 4.78 is 55.3. The predicted molar refractivity (Wildman–Crippen MR) is 253 cm³/mol. The first-order chi connectivity index (χ1) is 34.6. The maximum absolute atomic E-state index is 14.0. The Labute approximate surface area is 412 Å². The molecule has 2 fully saturated rings. The first-order valence-corrected chi connectivity index (χ1v) is 22.9. The maximum Gasteiger partial charge on any atom is 0.338 e. The smallest absolute Gasteiger partial charge is 0.338 e. The average Bonchev–Trinajstić information content (AvgIpc) is 3.42. The highest BCUT2D eigenvalue weighted by Gasteiger charge is 2.55. The lowest BCUT2D eigenvalue weighted by atomic mass is 9.97. The van der Waals surface area contributed by atoms with Gasteiger partial charge in [0.25, 0.3) is 0 Å². The van der Waals surface area contributed by atoms with Crippen LogP contribution in [0.2, 0.25) is 0 Å². The van der Waals surface area contributed by atoms with Gasteiger partial charge in [-0.15, -0.1) is 12.6 Å². The Kier molecular flexibility index (Phi) is 16.6. The van der Waals surface area contributed by atoms with Gasteiger partial charge >= 0.3 is 35.8 Å². The molecule has 10 unspecified atom stereocenters. The van der Waals surface area contributed by atoms with Crippen molar-refractivity contribution in [3.8, 4) is 0 Å². The van der Waals surface area contributed by atoms with Crippen LogP contribution in [0.3, 0.4) is 0 Å². The van der Waals surface area contributed by atoms with Crippen molar-refractivity contribution in [1.29, 1.82) is 0 Å². The van der Waals surface area contributed by atoms with Crippen LogP contribution >= 0.6 is 12.6 Å². The molecule has 71 heavy (non-hydrogen) atoms. The molecule has 364 valence electrons. The zero-order chi connectivity index (χ0) is 49.7. The molecule has 0 radical (unpaired) electrons.